The third-order valence-corrected chi connectivity index (χ3v) is 4.90. The van der Waals surface area contributed by atoms with Crippen molar-refractivity contribution < 1.29 is 17.2 Å². The highest BCUT2D eigenvalue weighted by Crippen LogP contribution is 2.36. The fourth-order valence-corrected chi connectivity index (χ4v) is 3.82. The van der Waals surface area contributed by atoms with Crippen LogP contribution in [-0.4, -0.2) is 14.3 Å². The third-order valence-electron chi connectivity index (χ3n) is 2.99. The summed E-state index contributed by atoms with van der Waals surface area (Å²) in [6, 6.07) is 11.2. The number of benzene rings is 2. The fourth-order valence-electron chi connectivity index (χ4n) is 1.97. The molecule has 0 aliphatic heterocycles. The van der Waals surface area contributed by atoms with Crippen LogP contribution < -0.4 is 0 Å². The summed E-state index contributed by atoms with van der Waals surface area (Å²) in [5.74, 6) is -3.39. The van der Waals surface area contributed by atoms with Gasteiger partial charge >= 0.3 is 0 Å². The molecule has 2 nitrogen and oxygen atoms in total. The Morgan fingerprint density at radius 2 is 1.57 bits per heavy atom. The van der Waals surface area contributed by atoms with E-state index in [1.807, 2.05) is 0 Å². The number of rotatable bonds is 4. The number of hydrogen-bond donors (Lipinski definition) is 0. The van der Waals surface area contributed by atoms with Crippen molar-refractivity contribution in [3.8, 4) is 0 Å². The maximum atomic E-state index is 14.0. The number of sulfone groups is 1. The minimum Gasteiger partial charge on any atom is -0.219 e. The molecule has 122 valence electrons. The molecule has 0 saturated heterocycles. The molecule has 2 aromatic carbocycles. The molecule has 0 N–H and O–H groups in total. The van der Waals surface area contributed by atoms with E-state index >= 15 is 0 Å². The van der Waals surface area contributed by atoms with Gasteiger partial charge in [0.15, 0.2) is 9.84 Å². The summed E-state index contributed by atoms with van der Waals surface area (Å²) < 4.78 is 52.6. The molecule has 0 radical (unpaired) electrons. The lowest BCUT2D eigenvalue weighted by Gasteiger charge is -2.16. The van der Waals surface area contributed by atoms with Crippen LogP contribution >= 0.6 is 23.2 Å². The smallest absolute Gasteiger partial charge is 0.219 e. The van der Waals surface area contributed by atoms with Gasteiger partial charge in [-0.05, 0) is 35.9 Å². The van der Waals surface area contributed by atoms with Crippen molar-refractivity contribution in [2.45, 2.75) is 17.7 Å². The molecular weight excluding hydrogens is 365 g/mol. The Balaban J connectivity index is 2.65. The molecular formula is C16H12Cl2F2O2S. The topological polar surface area (TPSA) is 34.1 Å². The van der Waals surface area contributed by atoms with E-state index in [4.69, 9.17) is 23.2 Å². The first kappa shape index (κ1) is 17.9. The second-order valence-corrected chi connectivity index (χ2v) is 7.61. The number of halogens is 4. The average Bonchev–Trinajstić information content (AvgIpc) is 2.43. The molecule has 2 aromatic rings. The van der Waals surface area contributed by atoms with E-state index in [0.29, 0.717) is 12.3 Å². The molecule has 0 amide bonds. The Kier molecular flexibility index (Phi) is 5.14. The molecule has 0 aromatic heterocycles. The molecule has 0 heterocycles. The van der Waals surface area contributed by atoms with Gasteiger partial charge in [-0.1, -0.05) is 41.4 Å². The molecule has 23 heavy (non-hydrogen) atoms. The summed E-state index contributed by atoms with van der Waals surface area (Å²) in [5.41, 5.74) is -0.722. The first-order chi connectivity index (χ1) is 10.6. The number of hydrogen-bond acceptors (Lipinski definition) is 2. The third kappa shape index (κ3) is 4.53. The van der Waals surface area contributed by atoms with Crippen molar-refractivity contribution >= 4 is 38.6 Å². The van der Waals surface area contributed by atoms with E-state index in [2.05, 4.69) is 0 Å². The van der Waals surface area contributed by atoms with Gasteiger partial charge in [0.25, 0.3) is 5.92 Å². The normalized spacial score (nSPS) is 13.2. The van der Waals surface area contributed by atoms with E-state index in [1.165, 1.54) is 42.5 Å². The highest BCUT2D eigenvalue weighted by Gasteiger charge is 2.31. The number of alkyl halides is 2. The molecule has 0 fully saturated rings. The van der Waals surface area contributed by atoms with E-state index in [-0.39, 0.29) is 20.5 Å². The van der Waals surface area contributed by atoms with Gasteiger partial charge in [-0.3, -0.25) is 0 Å². The maximum Gasteiger partial charge on any atom is 0.271 e. The van der Waals surface area contributed by atoms with Gasteiger partial charge < -0.3 is 0 Å². The second-order valence-electron chi connectivity index (χ2n) is 4.94. The highest BCUT2D eigenvalue weighted by atomic mass is 35.5. The van der Waals surface area contributed by atoms with E-state index in [1.54, 1.807) is 6.07 Å². The van der Waals surface area contributed by atoms with Crippen LogP contribution in [-0.2, 0) is 9.84 Å². The molecule has 7 heteroatoms. The van der Waals surface area contributed by atoms with Crippen molar-refractivity contribution in [2.75, 3.05) is 0 Å². The van der Waals surface area contributed by atoms with Crippen LogP contribution in [0.25, 0.3) is 5.57 Å². The molecule has 0 aliphatic carbocycles. The molecule has 2 rings (SSSR count). The standard InChI is InChI=1S/C16H12Cl2F2O2S/c1-16(19,20)15(11-7-12(17)9-13(18)8-11)10-23(21,22)14-5-3-2-4-6-14/h2-10H,1H3/b15-10-. The minimum atomic E-state index is -4.04. The molecule has 0 spiro atoms. The second kappa shape index (κ2) is 6.59. The summed E-state index contributed by atoms with van der Waals surface area (Å²) in [6.45, 7) is 0.619. The van der Waals surface area contributed by atoms with Crippen LogP contribution in [0.15, 0.2) is 58.8 Å². The molecule has 0 saturated carbocycles. The molecule has 0 bridgehead atoms. The molecule has 0 atom stereocenters. The van der Waals surface area contributed by atoms with Gasteiger partial charge in [-0.2, -0.15) is 0 Å². The Labute approximate surface area is 143 Å². The quantitative estimate of drug-likeness (QED) is 0.709. The van der Waals surface area contributed by atoms with Crippen molar-refractivity contribution in [3.05, 3.63) is 69.5 Å². The highest BCUT2D eigenvalue weighted by molar-refractivity contribution is 7.94. The Morgan fingerprint density at radius 1 is 1.04 bits per heavy atom. The monoisotopic (exact) mass is 376 g/mol. The zero-order chi connectivity index (χ0) is 17.3. The van der Waals surface area contributed by atoms with E-state index in [0.717, 1.165) is 0 Å². The van der Waals surface area contributed by atoms with Crippen molar-refractivity contribution in [1.82, 2.24) is 0 Å². The van der Waals surface area contributed by atoms with Gasteiger partial charge in [0.05, 0.1) is 4.90 Å². The van der Waals surface area contributed by atoms with Gasteiger partial charge in [0, 0.05) is 28.0 Å². The molecule has 0 aliphatic rings. The van der Waals surface area contributed by atoms with Crippen LogP contribution in [0, 0.1) is 0 Å². The summed E-state index contributed by atoms with van der Waals surface area (Å²) in [4.78, 5) is -0.0742. The van der Waals surface area contributed by atoms with Crippen LogP contribution in [0.1, 0.15) is 12.5 Å². The number of allylic oxidation sites excluding steroid dienone is 1. The van der Waals surface area contributed by atoms with Gasteiger partial charge in [-0.25, -0.2) is 17.2 Å². The maximum absolute atomic E-state index is 14.0. The summed E-state index contributed by atoms with van der Waals surface area (Å²) in [6.07, 6.45) is 0. The molecule has 0 unspecified atom stereocenters. The predicted molar refractivity (Wildman–Crippen MR) is 88.7 cm³/mol. The largest absolute Gasteiger partial charge is 0.271 e. The van der Waals surface area contributed by atoms with Crippen LogP contribution in [0.3, 0.4) is 0 Å². The zero-order valence-corrected chi connectivity index (χ0v) is 14.3. The van der Waals surface area contributed by atoms with Gasteiger partial charge in [-0.15, -0.1) is 0 Å². The Hall–Kier alpha value is -1.43. The average molecular weight is 377 g/mol. The lowest BCUT2D eigenvalue weighted by atomic mass is 10.0. The van der Waals surface area contributed by atoms with Crippen LogP contribution in [0.4, 0.5) is 8.78 Å². The fraction of sp³-hybridized carbons (Fsp3) is 0.125. The van der Waals surface area contributed by atoms with Crippen LogP contribution in [0.2, 0.25) is 10.0 Å². The SMILES string of the molecule is CC(F)(F)/C(=C\S(=O)(=O)c1ccccc1)c1cc(Cl)cc(Cl)c1. The predicted octanol–water partition coefficient (Wildman–Crippen LogP) is 5.46. The van der Waals surface area contributed by atoms with E-state index < -0.39 is 21.3 Å². The van der Waals surface area contributed by atoms with Gasteiger partial charge in [0.1, 0.15) is 0 Å². The van der Waals surface area contributed by atoms with Crippen molar-refractivity contribution in [2.24, 2.45) is 0 Å². The first-order valence-corrected chi connectivity index (χ1v) is 8.76. The Morgan fingerprint density at radius 3 is 2.04 bits per heavy atom. The van der Waals surface area contributed by atoms with Crippen molar-refractivity contribution in [1.29, 1.82) is 0 Å². The van der Waals surface area contributed by atoms with Crippen LogP contribution in [0.5, 0.6) is 0 Å². The summed E-state index contributed by atoms with van der Waals surface area (Å²) >= 11 is 11.7. The minimum absolute atomic E-state index is 0.0468. The van der Waals surface area contributed by atoms with E-state index in [9.17, 15) is 17.2 Å². The first-order valence-electron chi connectivity index (χ1n) is 6.46. The lowest BCUT2D eigenvalue weighted by molar-refractivity contribution is 0.0894. The zero-order valence-electron chi connectivity index (χ0n) is 11.9. The lowest BCUT2D eigenvalue weighted by Crippen LogP contribution is -2.14. The van der Waals surface area contributed by atoms with Crippen molar-refractivity contribution in [3.63, 3.8) is 0 Å². The summed E-state index contributed by atoms with van der Waals surface area (Å²) in [7, 11) is -4.04. The Bertz CT molecular complexity index is 822. The van der Waals surface area contributed by atoms with Gasteiger partial charge in [0.2, 0.25) is 0 Å². The summed E-state index contributed by atoms with van der Waals surface area (Å²) in [5, 5.41) is 0.837.